The molecular formula is C13H19NO3S. The van der Waals surface area contributed by atoms with Gasteiger partial charge in [0.15, 0.2) is 0 Å². The van der Waals surface area contributed by atoms with E-state index in [1.165, 1.54) is 0 Å². The van der Waals surface area contributed by atoms with E-state index in [9.17, 15) is 13.5 Å². The zero-order valence-electron chi connectivity index (χ0n) is 10.5. The third-order valence-electron chi connectivity index (χ3n) is 3.37. The van der Waals surface area contributed by atoms with Crippen LogP contribution in [0.5, 0.6) is 0 Å². The SMILES string of the molecule is CC(O)c1cccc(NS(=O)(=O)C2CCCC2)c1. The summed E-state index contributed by atoms with van der Waals surface area (Å²) in [6.45, 7) is 1.66. The van der Waals surface area contributed by atoms with Crippen LogP contribution in [0.15, 0.2) is 24.3 Å². The van der Waals surface area contributed by atoms with Crippen molar-refractivity contribution in [3.8, 4) is 0 Å². The highest BCUT2D eigenvalue weighted by atomic mass is 32.2. The quantitative estimate of drug-likeness (QED) is 0.882. The van der Waals surface area contributed by atoms with Crippen molar-refractivity contribution in [1.29, 1.82) is 0 Å². The molecule has 5 heteroatoms. The van der Waals surface area contributed by atoms with E-state index in [1.54, 1.807) is 31.2 Å². The second-order valence-electron chi connectivity index (χ2n) is 4.85. The predicted octanol–water partition coefficient (Wildman–Crippen LogP) is 2.42. The van der Waals surface area contributed by atoms with Gasteiger partial charge in [0.2, 0.25) is 10.0 Å². The normalized spacial score (nSPS) is 18.8. The Bertz CT molecular complexity index is 505. The number of aliphatic hydroxyl groups is 1. The molecule has 0 saturated heterocycles. The van der Waals surface area contributed by atoms with Crippen molar-refractivity contribution in [2.24, 2.45) is 0 Å². The fourth-order valence-electron chi connectivity index (χ4n) is 2.31. The van der Waals surface area contributed by atoms with Crippen molar-refractivity contribution in [2.45, 2.75) is 44.0 Å². The number of aliphatic hydroxyl groups excluding tert-OH is 1. The molecule has 0 amide bonds. The number of anilines is 1. The Labute approximate surface area is 108 Å². The number of sulfonamides is 1. The molecule has 1 aromatic carbocycles. The highest BCUT2D eigenvalue weighted by Crippen LogP contribution is 2.26. The van der Waals surface area contributed by atoms with E-state index in [1.807, 2.05) is 0 Å². The molecule has 1 saturated carbocycles. The number of benzene rings is 1. The van der Waals surface area contributed by atoms with Gasteiger partial charge in [0.05, 0.1) is 11.4 Å². The van der Waals surface area contributed by atoms with Crippen molar-refractivity contribution in [2.75, 3.05) is 4.72 Å². The summed E-state index contributed by atoms with van der Waals surface area (Å²) in [5.41, 5.74) is 1.24. The van der Waals surface area contributed by atoms with Gasteiger partial charge in [-0.05, 0) is 37.5 Å². The maximum atomic E-state index is 12.1. The Balaban J connectivity index is 2.15. The molecule has 1 fully saturated rings. The number of nitrogens with one attached hydrogen (secondary N) is 1. The molecule has 2 N–H and O–H groups in total. The summed E-state index contributed by atoms with van der Waals surface area (Å²) in [4.78, 5) is 0. The van der Waals surface area contributed by atoms with E-state index in [0.717, 1.165) is 25.7 Å². The molecule has 100 valence electrons. The second-order valence-corrected chi connectivity index (χ2v) is 6.82. The summed E-state index contributed by atoms with van der Waals surface area (Å²) in [6, 6.07) is 6.90. The van der Waals surface area contributed by atoms with Crippen LogP contribution in [0.2, 0.25) is 0 Å². The smallest absolute Gasteiger partial charge is 0.235 e. The molecule has 18 heavy (non-hydrogen) atoms. The van der Waals surface area contributed by atoms with Crippen LogP contribution in [0.4, 0.5) is 5.69 Å². The van der Waals surface area contributed by atoms with E-state index < -0.39 is 16.1 Å². The lowest BCUT2D eigenvalue weighted by molar-refractivity contribution is 0.199. The number of rotatable bonds is 4. The van der Waals surface area contributed by atoms with Gasteiger partial charge in [-0.2, -0.15) is 0 Å². The first kappa shape index (κ1) is 13.4. The Hall–Kier alpha value is -1.07. The molecule has 1 aliphatic carbocycles. The number of hydrogen-bond acceptors (Lipinski definition) is 3. The first-order valence-electron chi connectivity index (χ1n) is 6.29. The molecule has 1 atom stereocenters. The summed E-state index contributed by atoms with van der Waals surface area (Å²) >= 11 is 0. The third-order valence-corrected chi connectivity index (χ3v) is 5.24. The summed E-state index contributed by atoms with van der Waals surface area (Å²) < 4.78 is 26.8. The van der Waals surface area contributed by atoms with Gasteiger partial charge in [0, 0.05) is 5.69 Å². The molecule has 2 rings (SSSR count). The van der Waals surface area contributed by atoms with Crippen LogP contribution in [0, 0.1) is 0 Å². The first-order chi connectivity index (χ1) is 8.49. The van der Waals surface area contributed by atoms with Crippen molar-refractivity contribution in [3.05, 3.63) is 29.8 Å². The second kappa shape index (κ2) is 5.28. The van der Waals surface area contributed by atoms with Gasteiger partial charge in [0.25, 0.3) is 0 Å². The lowest BCUT2D eigenvalue weighted by Crippen LogP contribution is -2.25. The molecule has 0 spiro atoms. The standard InChI is InChI=1S/C13H19NO3S/c1-10(15)11-5-4-6-12(9-11)14-18(16,17)13-7-2-3-8-13/h4-6,9-10,13-15H,2-3,7-8H2,1H3. The maximum Gasteiger partial charge on any atom is 0.235 e. The van der Waals surface area contributed by atoms with Crippen LogP contribution in [-0.4, -0.2) is 18.8 Å². The molecule has 0 heterocycles. The molecular weight excluding hydrogens is 250 g/mol. The molecule has 4 nitrogen and oxygen atoms in total. The van der Waals surface area contributed by atoms with E-state index in [2.05, 4.69) is 4.72 Å². The predicted molar refractivity (Wildman–Crippen MR) is 71.9 cm³/mol. The highest BCUT2D eigenvalue weighted by molar-refractivity contribution is 7.93. The Kier molecular flexibility index (Phi) is 3.92. The van der Waals surface area contributed by atoms with Crippen LogP contribution in [0.3, 0.4) is 0 Å². The van der Waals surface area contributed by atoms with Crippen molar-refractivity contribution < 1.29 is 13.5 Å². The maximum absolute atomic E-state index is 12.1. The van der Waals surface area contributed by atoms with Gasteiger partial charge in [-0.3, -0.25) is 4.72 Å². The van der Waals surface area contributed by atoms with E-state index in [-0.39, 0.29) is 5.25 Å². The van der Waals surface area contributed by atoms with Crippen LogP contribution >= 0.6 is 0 Å². The molecule has 0 radical (unpaired) electrons. The molecule has 1 aliphatic rings. The van der Waals surface area contributed by atoms with Crippen molar-refractivity contribution >= 4 is 15.7 Å². The van der Waals surface area contributed by atoms with Crippen LogP contribution in [0.25, 0.3) is 0 Å². The van der Waals surface area contributed by atoms with Crippen LogP contribution < -0.4 is 4.72 Å². The fraction of sp³-hybridized carbons (Fsp3) is 0.538. The van der Waals surface area contributed by atoms with Crippen LogP contribution in [0.1, 0.15) is 44.3 Å². The first-order valence-corrected chi connectivity index (χ1v) is 7.83. The summed E-state index contributed by atoms with van der Waals surface area (Å²) in [6.07, 6.45) is 2.86. The van der Waals surface area contributed by atoms with Gasteiger partial charge in [-0.25, -0.2) is 8.42 Å². The average Bonchev–Trinajstić information content (AvgIpc) is 2.82. The van der Waals surface area contributed by atoms with E-state index in [4.69, 9.17) is 0 Å². The molecule has 0 bridgehead atoms. The molecule has 1 aromatic rings. The molecule has 0 aliphatic heterocycles. The van der Waals surface area contributed by atoms with Crippen molar-refractivity contribution in [1.82, 2.24) is 0 Å². The van der Waals surface area contributed by atoms with Crippen molar-refractivity contribution in [3.63, 3.8) is 0 Å². The van der Waals surface area contributed by atoms with Gasteiger partial charge < -0.3 is 5.11 Å². The molecule has 1 unspecified atom stereocenters. The number of hydrogen-bond donors (Lipinski definition) is 2. The summed E-state index contributed by atoms with van der Waals surface area (Å²) in [5.74, 6) is 0. The average molecular weight is 269 g/mol. The lowest BCUT2D eigenvalue weighted by Gasteiger charge is -2.14. The van der Waals surface area contributed by atoms with Gasteiger partial charge in [-0.1, -0.05) is 25.0 Å². The lowest BCUT2D eigenvalue weighted by atomic mass is 10.1. The van der Waals surface area contributed by atoms with E-state index >= 15 is 0 Å². The zero-order valence-corrected chi connectivity index (χ0v) is 11.3. The zero-order chi connectivity index (χ0) is 13.2. The van der Waals surface area contributed by atoms with E-state index in [0.29, 0.717) is 11.3 Å². The largest absolute Gasteiger partial charge is 0.389 e. The van der Waals surface area contributed by atoms with Crippen LogP contribution in [-0.2, 0) is 10.0 Å². The van der Waals surface area contributed by atoms with Gasteiger partial charge in [-0.15, -0.1) is 0 Å². The topological polar surface area (TPSA) is 66.4 Å². The van der Waals surface area contributed by atoms with Gasteiger partial charge >= 0.3 is 0 Å². The Morgan fingerprint density at radius 3 is 2.61 bits per heavy atom. The highest BCUT2D eigenvalue weighted by Gasteiger charge is 2.28. The monoisotopic (exact) mass is 269 g/mol. The van der Waals surface area contributed by atoms with Gasteiger partial charge in [0.1, 0.15) is 0 Å². The third kappa shape index (κ3) is 3.03. The minimum atomic E-state index is -3.29. The Morgan fingerprint density at radius 2 is 2.00 bits per heavy atom. The summed E-state index contributed by atoms with van der Waals surface area (Å²) in [7, 11) is -3.29. The molecule has 0 aromatic heterocycles. The summed E-state index contributed by atoms with van der Waals surface area (Å²) in [5, 5.41) is 9.21. The minimum Gasteiger partial charge on any atom is -0.389 e. The fourth-order valence-corrected chi connectivity index (χ4v) is 3.88. The Morgan fingerprint density at radius 1 is 1.33 bits per heavy atom. The minimum absolute atomic E-state index is 0.271.